The van der Waals surface area contributed by atoms with Crippen molar-refractivity contribution >= 4 is 32.4 Å². The van der Waals surface area contributed by atoms with Crippen molar-refractivity contribution in [2.75, 3.05) is 17.3 Å². The molecule has 15 heavy (non-hydrogen) atoms. The van der Waals surface area contributed by atoms with E-state index >= 15 is 0 Å². The van der Waals surface area contributed by atoms with Gasteiger partial charge in [-0.1, -0.05) is 22.6 Å². The van der Waals surface area contributed by atoms with Gasteiger partial charge < -0.3 is 4.74 Å². The van der Waals surface area contributed by atoms with Gasteiger partial charge in [0.05, 0.1) is 11.5 Å². The molecular formula is C10H13IO3S. The number of hydrogen-bond donors (Lipinski definition) is 0. The quantitative estimate of drug-likeness (QED) is 0.469. The predicted octanol–water partition coefficient (Wildman–Crippen LogP) is 2.29. The van der Waals surface area contributed by atoms with Gasteiger partial charge >= 0.3 is 0 Å². The van der Waals surface area contributed by atoms with Crippen LogP contribution in [0.1, 0.15) is 6.42 Å². The molecule has 0 heterocycles. The number of sulfone groups is 1. The first-order chi connectivity index (χ1) is 7.04. The lowest BCUT2D eigenvalue weighted by Crippen LogP contribution is -1.99. The molecule has 1 aromatic carbocycles. The molecule has 0 bridgehead atoms. The first-order valence-electron chi connectivity index (χ1n) is 4.53. The summed E-state index contributed by atoms with van der Waals surface area (Å²) in [6.45, 7) is 0.668. The smallest absolute Gasteiger partial charge is 0.175 e. The highest BCUT2D eigenvalue weighted by atomic mass is 127. The molecule has 0 unspecified atom stereocenters. The van der Waals surface area contributed by atoms with E-state index in [1.807, 2.05) is 0 Å². The number of hydrogen-bond acceptors (Lipinski definition) is 3. The molecule has 5 heteroatoms. The fourth-order valence-corrected chi connectivity index (χ4v) is 1.97. The van der Waals surface area contributed by atoms with Crippen LogP contribution in [0.2, 0.25) is 0 Å². The second kappa shape index (κ2) is 5.69. The summed E-state index contributed by atoms with van der Waals surface area (Å²) in [5.41, 5.74) is 0. The lowest BCUT2D eigenvalue weighted by atomic mass is 10.3. The van der Waals surface area contributed by atoms with Gasteiger partial charge in [-0.15, -0.1) is 0 Å². The van der Waals surface area contributed by atoms with Crippen molar-refractivity contribution in [3.8, 4) is 5.75 Å². The van der Waals surface area contributed by atoms with Gasteiger partial charge in [-0.25, -0.2) is 8.42 Å². The van der Waals surface area contributed by atoms with E-state index in [9.17, 15) is 8.42 Å². The van der Waals surface area contributed by atoms with Gasteiger partial charge in [0.25, 0.3) is 0 Å². The van der Waals surface area contributed by atoms with Crippen LogP contribution in [-0.2, 0) is 9.84 Å². The van der Waals surface area contributed by atoms with Crippen LogP contribution in [0, 0.1) is 0 Å². The molecule has 0 fully saturated rings. The summed E-state index contributed by atoms with van der Waals surface area (Å²) in [6, 6.07) is 6.50. The first-order valence-corrected chi connectivity index (χ1v) is 7.94. The summed E-state index contributed by atoms with van der Waals surface area (Å²) < 4.78 is 28.8. The molecule has 0 amide bonds. The summed E-state index contributed by atoms with van der Waals surface area (Å²) in [7, 11) is -3.10. The molecule has 0 aliphatic rings. The Morgan fingerprint density at radius 1 is 1.27 bits per heavy atom. The summed E-state index contributed by atoms with van der Waals surface area (Å²) in [6.07, 6.45) is 2.19. The van der Waals surface area contributed by atoms with E-state index in [-0.39, 0.29) is 0 Å². The average molecular weight is 340 g/mol. The fraction of sp³-hybridized carbons (Fsp3) is 0.400. The maximum Gasteiger partial charge on any atom is 0.175 e. The van der Waals surface area contributed by atoms with Crippen LogP contribution < -0.4 is 4.74 Å². The average Bonchev–Trinajstić information content (AvgIpc) is 2.18. The molecule has 84 valence electrons. The lowest BCUT2D eigenvalue weighted by Gasteiger charge is -2.05. The van der Waals surface area contributed by atoms with Crippen LogP contribution in [0.25, 0.3) is 0 Å². The van der Waals surface area contributed by atoms with E-state index in [0.29, 0.717) is 17.3 Å². The van der Waals surface area contributed by atoms with Crippen LogP contribution in [0.5, 0.6) is 5.75 Å². The Labute approximate surface area is 104 Å². The molecule has 3 nitrogen and oxygen atoms in total. The Hall–Kier alpha value is -0.300. The summed E-state index contributed by atoms with van der Waals surface area (Å²) >= 11 is 2.29. The van der Waals surface area contributed by atoms with Gasteiger partial charge in [-0.3, -0.25) is 0 Å². The van der Waals surface area contributed by atoms with Gasteiger partial charge in [-0.05, 0) is 30.7 Å². The largest absolute Gasteiger partial charge is 0.494 e. The van der Waals surface area contributed by atoms with Crippen LogP contribution in [-0.4, -0.2) is 25.7 Å². The zero-order valence-electron chi connectivity index (χ0n) is 8.44. The third kappa shape index (κ3) is 4.38. The van der Waals surface area contributed by atoms with Crippen molar-refractivity contribution in [2.45, 2.75) is 11.3 Å². The van der Waals surface area contributed by atoms with Crippen LogP contribution >= 0.6 is 22.6 Å². The van der Waals surface area contributed by atoms with Gasteiger partial charge in [0.2, 0.25) is 0 Å². The third-order valence-electron chi connectivity index (χ3n) is 1.80. The maximum atomic E-state index is 11.2. The zero-order chi connectivity index (χ0) is 11.3. The lowest BCUT2D eigenvalue weighted by molar-refractivity contribution is 0.319. The minimum atomic E-state index is -3.10. The minimum Gasteiger partial charge on any atom is -0.494 e. The second-order valence-corrected chi connectivity index (χ2v) is 6.23. The van der Waals surface area contributed by atoms with E-state index in [0.717, 1.165) is 10.8 Å². The van der Waals surface area contributed by atoms with E-state index in [1.165, 1.54) is 6.26 Å². The zero-order valence-corrected chi connectivity index (χ0v) is 11.4. The van der Waals surface area contributed by atoms with Crippen molar-refractivity contribution in [1.29, 1.82) is 0 Å². The molecule has 0 N–H and O–H groups in total. The van der Waals surface area contributed by atoms with Crippen molar-refractivity contribution in [3.63, 3.8) is 0 Å². The number of alkyl halides is 1. The number of ether oxygens (including phenoxy) is 1. The molecule has 0 atom stereocenters. The molecule has 1 aromatic rings. The van der Waals surface area contributed by atoms with Gasteiger partial charge in [0.15, 0.2) is 9.84 Å². The Morgan fingerprint density at radius 3 is 2.33 bits per heavy atom. The van der Waals surface area contributed by atoms with Crippen molar-refractivity contribution in [3.05, 3.63) is 24.3 Å². The van der Waals surface area contributed by atoms with Crippen molar-refractivity contribution in [2.24, 2.45) is 0 Å². The Kier molecular flexibility index (Phi) is 4.85. The Bertz CT molecular complexity index is 397. The predicted molar refractivity (Wildman–Crippen MR) is 68.6 cm³/mol. The van der Waals surface area contributed by atoms with Gasteiger partial charge in [0, 0.05) is 10.7 Å². The number of rotatable bonds is 5. The summed E-state index contributed by atoms with van der Waals surface area (Å²) in [5.74, 6) is 0.715. The van der Waals surface area contributed by atoms with Gasteiger partial charge in [0.1, 0.15) is 5.75 Å². The highest BCUT2D eigenvalue weighted by molar-refractivity contribution is 14.1. The van der Waals surface area contributed by atoms with Crippen LogP contribution in [0.3, 0.4) is 0 Å². The first kappa shape index (κ1) is 12.8. The van der Waals surface area contributed by atoms with Gasteiger partial charge in [-0.2, -0.15) is 0 Å². The van der Waals surface area contributed by atoms with E-state index in [2.05, 4.69) is 22.6 Å². The molecule has 0 spiro atoms. The topological polar surface area (TPSA) is 43.4 Å². The monoisotopic (exact) mass is 340 g/mol. The molecule has 0 aromatic heterocycles. The minimum absolute atomic E-state index is 0.323. The fourth-order valence-electron chi connectivity index (χ4n) is 1.03. The molecule has 0 aliphatic heterocycles. The number of halogens is 1. The second-order valence-electron chi connectivity index (χ2n) is 3.13. The van der Waals surface area contributed by atoms with E-state index < -0.39 is 9.84 Å². The molecule has 0 radical (unpaired) electrons. The molecule has 0 aliphatic carbocycles. The van der Waals surface area contributed by atoms with E-state index in [1.54, 1.807) is 24.3 Å². The Morgan fingerprint density at radius 2 is 1.87 bits per heavy atom. The highest BCUT2D eigenvalue weighted by Crippen LogP contribution is 2.15. The molecule has 1 rings (SSSR count). The number of benzene rings is 1. The van der Waals surface area contributed by atoms with E-state index in [4.69, 9.17) is 4.74 Å². The molecule has 0 saturated heterocycles. The normalized spacial score (nSPS) is 11.3. The Balaban J connectivity index is 2.65. The highest BCUT2D eigenvalue weighted by Gasteiger charge is 2.05. The molecule has 0 saturated carbocycles. The maximum absolute atomic E-state index is 11.2. The van der Waals surface area contributed by atoms with Crippen molar-refractivity contribution < 1.29 is 13.2 Å². The van der Waals surface area contributed by atoms with Crippen LogP contribution in [0.15, 0.2) is 29.2 Å². The summed E-state index contributed by atoms with van der Waals surface area (Å²) in [5, 5.41) is 0. The molecular weight excluding hydrogens is 327 g/mol. The van der Waals surface area contributed by atoms with Crippen molar-refractivity contribution in [1.82, 2.24) is 0 Å². The third-order valence-corrected chi connectivity index (χ3v) is 3.69. The van der Waals surface area contributed by atoms with Crippen LogP contribution in [0.4, 0.5) is 0 Å². The SMILES string of the molecule is CS(=O)(=O)c1ccc(OCCCI)cc1. The summed E-state index contributed by atoms with van der Waals surface area (Å²) in [4.78, 5) is 0.323. The standard InChI is InChI=1S/C10H13IO3S/c1-15(12,13)10-5-3-9(4-6-10)14-8-2-7-11/h3-6H,2,7-8H2,1H3.